The van der Waals surface area contributed by atoms with Crippen molar-refractivity contribution >= 4 is 34.3 Å². The summed E-state index contributed by atoms with van der Waals surface area (Å²) in [6, 6.07) is 8.22. The molecule has 2 aliphatic rings. The van der Waals surface area contributed by atoms with Crippen LogP contribution in [0.4, 0.5) is 5.95 Å². The zero-order chi connectivity index (χ0) is 25.0. The van der Waals surface area contributed by atoms with Crippen LogP contribution in [0.15, 0.2) is 71.5 Å². The van der Waals surface area contributed by atoms with E-state index in [1.165, 1.54) is 6.33 Å². The molecule has 37 heavy (non-hydrogen) atoms. The number of ether oxygens (including phenoxy) is 1. The van der Waals surface area contributed by atoms with Gasteiger partial charge in [-0.3, -0.25) is 9.38 Å². The highest BCUT2D eigenvalue weighted by atomic mass is 32.2. The number of nitrogens with two attached hydrogens (primary N) is 1. The van der Waals surface area contributed by atoms with Crippen LogP contribution in [0.5, 0.6) is 0 Å². The second-order valence-electron chi connectivity index (χ2n) is 9.86. The van der Waals surface area contributed by atoms with E-state index in [1.807, 2.05) is 43.0 Å². The van der Waals surface area contributed by atoms with Gasteiger partial charge in [-0.2, -0.15) is 5.10 Å². The first-order valence-electron chi connectivity index (χ1n) is 12.5. The number of pyridine rings is 1. The Labute approximate surface area is 217 Å². The van der Waals surface area contributed by atoms with Crippen molar-refractivity contribution < 1.29 is 4.74 Å². The molecule has 0 unspecified atom stereocenters. The van der Waals surface area contributed by atoms with Crippen molar-refractivity contribution in [1.29, 1.82) is 0 Å². The summed E-state index contributed by atoms with van der Waals surface area (Å²) in [5, 5.41) is 5.33. The molecule has 2 fully saturated rings. The van der Waals surface area contributed by atoms with Gasteiger partial charge in [-0.05, 0) is 31.9 Å². The van der Waals surface area contributed by atoms with Gasteiger partial charge in [-0.25, -0.2) is 19.6 Å². The van der Waals surface area contributed by atoms with Crippen molar-refractivity contribution in [2.75, 3.05) is 24.6 Å². The highest BCUT2D eigenvalue weighted by Gasteiger charge is 2.47. The summed E-state index contributed by atoms with van der Waals surface area (Å²) in [7, 11) is 0. The quantitative estimate of drug-likeness (QED) is 0.387. The van der Waals surface area contributed by atoms with E-state index in [0.717, 1.165) is 70.5 Å². The molecule has 6 heterocycles. The predicted molar refractivity (Wildman–Crippen MR) is 141 cm³/mol. The molecule has 1 spiro atoms. The van der Waals surface area contributed by atoms with Crippen molar-refractivity contribution in [3.63, 3.8) is 0 Å². The molecule has 2 N–H and O–H groups in total. The van der Waals surface area contributed by atoms with Gasteiger partial charge >= 0.3 is 0 Å². The Morgan fingerprint density at radius 1 is 1.08 bits per heavy atom. The van der Waals surface area contributed by atoms with E-state index in [9.17, 15) is 0 Å². The number of rotatable bonds is 4. The van der Waals surface area contributed by atoms with Gasteiger partial charge in [0.15, 0.2) is 5.65 Å². The number of hydrogen-bond donors (Lipinski definition) is 1. The number of fused-ring (bicyclic) bond motifs is 2. The van der Waals surface area contributed by atoms with E-state index in [2.05, 4.69) is 37.4 Å². The Kier molecular flexibility index (Phi) is 5.38. The molecule has 10 nitrogen and oxygen atoms in total. The van der Waals surface area contributed by atoms with Crippen LogP contribution in [0, 0.1) is 5.41 Å². The molecule has 4 aromatic heterocycles. The average molecular weight is 514 g/mol. The van der Waals surface area contributed by atoms with Crippen LogP contribution in [0.2, 0.25) is 0 Å². The fourth-order valence-corrected chi connectivity index (χ4v) is 6.66. The molecule has 0 saturated carbocycles. The minimum Gasteiger partial charge on any atom is -0.376 e. The van der Waals surface area contributed by atoms with Crippen molar-refractivity contribution in [3.8, 4) is 5.69 Å². The molecular formula is C26H27N9OS. The summed E-state index contributed by atoms with van der Waals surface area (Å²) in [5.74, 6) is 0.917. The molecule has 0 bridgehead atoms. The van der Waals surface area contributed by atoms with Crippen molar-refractivity contribution in [1.82, 2.24) is 34.1 Å². The number of benzene rings is 1. The van der Waals surface area contributed by atoms with Crippen LogP contribution < -0.4 is 10.6 Å². The molecule has 188 valence electrons. The van der Waals surface area contributed by atoms with Gasteiger partial charge in [0.1, 0.15) is 12.7 Å². The number of nitrogens with zero attached hydrogens (tertiary/aromatic N) is 8. The molecule has 5 aromatic rings. The van der Waals surface area contributed by atoms with Crippen LogP contribution in [0.1, 0.15) is 19.8 Å². The van der Waals surface area contributed by atoms with Gasteiger partial charge in [-0.1, -0.05) is 23.9 Å². The first-order chi connectivity index (χ1) is 18.1. The Morgan fingerprint density at radius 3 is 2.76 bits per heavy atom. The van der Waals surface area contributed by atoms with Gasteiger partial charge < -0.3 is 15.4 Å². The highest BCUT2D eigenvalue weighted by Crippen LogP contribution is 2.42. The third-order valence-electron chi connectivity index (χ3n) is 7.86. The Bertz CT molecular complexity index is 1580. The fraction of sp³-hybridized carbons (Fsp3) is 0.346. The molecule has 1 aromatic carbocycles. The summed E-state index contributed by atoms with van der Waals surface area (Å²) >= 11 is 1.65. The molecule has 0 radical (unpaired) electrons. The molecule has 7 rings (SSSR count). The third-order valence-corrected chi connectivity index (χ3v) is 8.94. The molecule has 2 aliphatic heterocycles. The van der Waals surface area contributed by atoms with Crippen LogP contribution in [-0.4, -0.2) is 66.0 Å². The highest BCUT2D eigenvalue weighted by molar-refractivity contribution is 7.99. The van der Waals surface area contributed by atoms with Crippen molar-refractivity contribution in [2.45, 2.75) is 41.7 Å². The summed E-state index contributed by atoms with van der Waals surface area (Å²) in [6.07, 6.45) is 12.9. The number of para-hydroxylation sites is 1. The van der Waals surface area contributed by atoms with Crippen molar-refractivity contribution in [3.05, 3.63) is 61.7 Å². The number of imidazole rings is 1. The Balaban J connectivity index is 1.19. The lowest BCUT2D eigenvalue weighted by atomic mass is 9.73. The van der Waals surface area contributed by atoms with E-state index in [-0.39, 0.29) is 17.6 Å². The van der Waals surface area contributed by atoms with Crippen molar-refractivity contribution in [2.24, 2.45) is 11.1 Å². The Hall–Kier alpha value is -3.54. The number of hydrogen-bond acceptors (Lipinski definition) is 9. The number of aromatic nitrogens is 7. The predicted octanol–water partition coefficient (Wildman–Crippen LogP) is 3.34. The zero-order valence-corrected chi connectivity index (χ0v) is 21.3. The topological polar surface area (TPSA) is 112 Å². The van der Waals surface area contributed by atoms with E-state index in [1.54, 1.807) is 22.8 Å². The minimum atomic E-state index is 0.0766. The maximum Gasteiger partial charge on any atom is 0.211 e. The normalized spacial score (nSPS) is 21.4. The summed E-state index contributed by atoms with van der Waals surface area (Å²) in [4.78, 5) is 22.7. The van der Waals surface area contributed by atoms with E-state index < -0.39 is 0 Å². The van der Waals surface area contributed by atoms with Crippen LogP contribution >= 0.6 is 11.8 Å². The molecule has 2 atom stereocenters. The van der Waals surface area contributed by atoms with Crippen LogP contribution in [-0.2, 0) is 4.74 Å². The summed E-state index contributed by atoms with van der Waals surface area (Å²) in [6.45, 7) is 4.64. The monoisotopic (exact) mass is 513 g/mol. The lowest BCUT2D eigenvalue weighted by Gasteiger charge is -2.41. The standard InChI is InChI=1S/C26H27N9OS/c1-17-23(27)26(14-36-17)6-10-33(11-7-26)25-31-13-21(24-30-9-12-34(24)25)37-20-5-8-29-22-18(20)3-2-4-19(22)35-16-28-15-32-35/h2-5,8-9,12-13,15-17,23H,6-7,10-11,14,27H2,1H3/t17-,23+/m0/s1. The Morgan fingerprint density at radius 2 is 1.97 bits per heavy atom. The van der Waals surface area contributed by atoms with Crippen LogP contribution in [0.25, 0.3) is 22.2 Å². The van der Waals surface area contributed by atoms with E-state index >= 15 is 0 Å². The molecule has 0 amide bonds. The third kappa shape index (κ3) is 3.68. The zero-order valence-electron chi connectivity index (χ0n) is 20.4. The van der Waals surface area contributed by atoms with Gasteiger partial charge in [0.2, 0.25) is 5.95 Å². The molecule has 0 aliphatic carbocycles. The maximum atomic E-state index is 6.53. The molecule has 2 saturated heterocycles. The second kappa shape index (κ2) is 8.79. The van der Waals surface area contributed by atoms with Gasteiger partial charge in [0.25, 0.3) is 0 Å². The molecule has 11 heteroatoms. The second-order valence-corrected chi connectivity index (χ2v) is 10.9. The first kappa shape index (κ1) is 22.6. The number of piperidine rings is 1. The van der Waals surface area contributed by atoms with E-state index in [4.69, 9.17) is 20.4 Å². The summed E-state index contributed by atoms with van der Waals surface area (Å²) in [5.41, 5.74) is 9.25. The smallest absolute Gasteiger partial charge is 0.211 e. The first-order valence-corrected chi connectivity index (χ1v) is 13.3. The minimum absolute atomic E-state index is 0.0766. The number of anilines is 1. The van der Waals surface area contributed by atoms with Gasteiger partial charge in [0, 0.05) is 59.6 Å². The van der Waals surface area contributed by atoms with Crippen LogP contribution in [0.3, 0.4) is 0 Å². The SMILES string of the molecule is C[C@@H]1OCC2(CCN(c3ncc(Sc4ccnc5c(-n6cncn6)cccc45)c4nccn34)CC2)[C@@H]1N. The molecular weight excluding hydrogens is 486 g/mol. The van der Waals surface area contributed by atoms with Gasteiger partial charge in [-0.15, -0.1) is 0 Å². The fourth-order valence-electron chi connectivity index (χ4n) is 5.67. The lowest BCUT2D eigenvalue weighted by molar-refractivity contribution is 0.0973. The largest absolute Gasteiger partial charge is 0.376 e. The lowest BCUT2D eigenvalue weighted by Crippen LogP contribution is -2.51. The summed E-state index contributed by atoms with van der Waals surface area (Å²) < 4.78 is 9.73. The average Bonchev–Trinajstić information content (AvgIpc) is 3.69. The van der Waals surface area contributed by atoms with E-state index in [0.29, 0.717) is 0 Å². The maximum absolute atomic E-state index is 6.53. The van der Waals surface area contributed by atoms with Gasteiger partial charge in [0.05, 0.1) is 28.8 Å².